The molecule has 3 aromatic rings. The monoisotopic (exact) mass is 592 g/mol. The molecule has 3 aliphatic rings. The smallest absolute Gasteiger partial charge is 0.408 e. The van der Waals surface area contributed by atoms with Gasteiger partial charge in [0.25, 0.3) is 0 Å². The molecule has 2 atom stereocenters. The number of hydrogen-bond acceptors (Lipinski definition) is 5. The predicted molar refractivity (Wildman–Crippen MR) is 142 cm³/mol. The predicted octanol–water partition coefficient (Wildman–Crippen LogP) is 1.69. The van der Waals surface area contributed by atoms with Gasteiger partial charge < -0.3 is 36.3 Å². The second kappa shape index (κ2) is 13.0. The summed E-state index contributed by atoms with van der Waals surface area (Å²) >= 11 is 0. The lowest BCUT2D eigenvalue weighted by Gasteiger charge is -2.51. The summed E-state index contributed by atoms with van der Waals surface area (Å²) in [5, 5.41) is 2.71. The zero-order valence-electron chi connectivity index (χ0n) is 21.7. The molecule has 204 valence electrons. The van der Waals surface area contributed by atoms with E-state index in [0.717, 1.165) is 31.5 Å². The molecule has 0 aliphatic carbocycles. The highest BCUT2D eigenvalue weighted by Crippen LogP contribution is 2.36. The second-order valence-corrected chi connectivity index (χ2v) is 10.3. The molecular weight excluding hydrogens is 560 g/mol. The van der Waals surface area contributed by atoms with Crippen LogP contribution in [0.15, 0.2) is 91.0 Å². The van der Waals surface area contributed by atoms with Crippen molar-refractivity contribution >= 4 is 17.8 Å². The Kier molecular flexibility index (Phi) is 9.54. The number of Topliss-reactive ketones (excluding diaryl/α,β-unsaturated/α-hetero) is 1. The number of amides is 1. The summed E-state index contributed by atoms with van der Waals surface area (Å²) in [4.78, 5) is 39.1. The highest BCUT2D eigenvalue weighted by molar-refractivity contribution is 5.97. The number of quaternary nitrogens is 1. The number of fused-ring (bicyclic) bond motifs is 3. The molecule has 3 aliphatic heterocycles. The zero-order valence-corrected chi connectivity index (χ0v) is 23.3. The molecule has 3 fully saturated rings. The Bertz CT molecular complexity index is 1250. The molecule has 1 N–H and O–H groups in total. The van der Waals surface area contributed by atoms with Crippen molar-refractivity contribution in [2.45, 2.75) is 31.6 Å². The Labute approximate surface area is 239 Å². The van der Waals surface area contributed by atoms with Gasteiger partial charge >= 0.3 is 12.1 Å². The van der Waals surface area contributed by atoms with Crippen LogP contribution in [0, 0.1) is 5.92 Å². The molecule has 3 heterocycles. The molecule has 7 nitrogen and oxygen atoms in total. The van der Waals surface area contributed by atoms with Crippen molar-refractivity contribution in [1.82, 2.24) is 5.32 Å². The Hall–Kier alpha value is -3.49. The average molecular weight is 594 g/mol. The van der Waals surface area contributed by atoms with Gasteiger partial charge in [0.15, 0.2) is 12.1 Å². The number of ether oxygens (including phenoxy) is 2. The third kappa shape index (κ3) is 7.13. The van der Waals surface area contributed by atoms with Crippen LogP contribution in [0.4, 0.5) is 4.79 Å². The van der Waals surface area contributed by atoms with E-state index in [2.05, 4.69) is 5.32 Å². The van der Waals surface area contributed by atoms with Gasteiger partial charge in [0.1, 0.15) is 19.7 Å². The van der Waals surface area contributed by atoms with Crippen LogP contribution in [0.5, 0.6) is 0 Å². The molecule has 0 aromatic heterocycles. The van der Waals surface area contributed by atoms with Crippen LogP contribution in [-0.2, 0) is 20.9 Å². The topological polar surface area (TPSA) is 81.7 Å². The summed E-state index contributed by atoms with van der Waals surface area (Å²) in [5.41, 5.74) is 2.19. The van der Waals surface area contributed by atoms with E-state index in [1.165, 1.54) is 0 Å². The molecule has 0 unspecified atom stereocenters. The van der Waals surface area contributed by atoms with Crippen molar-refractivity contribution in [3.63, 3.8) is 0 Å². The molecule has 3 saturated heterocycles. The van der Waals surface area contributed by atoms with Crippen molar-refractivity contribution in [2.24, 2.45) is 5.92 Å². The third-order valence-corrected chi connectivity index (χ3v) is 7.73. The lowest BCUT2D eigenvalue weighted by atomic mass is 9.82. The minimum absolute atomic E-state index is 0. The number of rotatable bonds is 9. The molecule has 8 heteroatoms. The van der Waals surface area contributed by atoms with Crippen LogP contribution >= 0.6 is 0 Å². The Morgan fingerprint density at radius 2 is 1.44 bits per heavy atom. The summed E-state index contributed by atoms with van der Waals surface area (Å²) in [7, 11) is 0. The molecule has 0 radical (unpaired) electrons. The van der Waals surface area contributed by atoms with Crippen molar-refractivity contribution in [1.29, 1.82) is 0 Å². The van der Waals surface area contributed by atoms with Gasteiger partial charge in [-0.05, 0) is 11.1 Å². The van der Waals surface area contributed by atoms with E-state index >= 15 is 0 Å². The van der Waals surface area contributed by atoms with E-state index in [4.69, 9.17) is 9.47 Å². The van der Waals surface area contributed by atoms with Gasteiger partial charge in [-0.3, -0.25) is 4.79 Å². The number of alkyl carbamates (subject to hydrolysis) is 1. The molecule has 2 bridgehead atoms. The number of nitrogens with one attached hydrogen (secondary N) is 1. The number of nitrogens with zero attached hydrogens (tertiary/aromatic N) is 1. The normalized spacial score (nSPS) is 22.2. The van der Waals surface area contributed by atoms with Gasteiger partial charge in [-0.2, -0.15) is 0 Å². The first-order valence-electron chi connectivity index (χ1n) is 13.2. The summed E-state index contributed by atoms with van der Waals surface area (Å²) in [6.45, 7) is 2.92. The van der Waals surface area contributed by atoms with Gasteiger partial charge in [-0.1, -0.05) is 91.0 Å². The lowest BCUT2D eigenvalue weighted by molar-refractivity contribution is -0.938. The Morgan fingerprint density at radius 3 is 2.08 bits per heavy atom. The standard InChI is InChI=1S/C31H32N2O5.BrH/c34-27(24-12-6-2-7-13-24)20-33-18-16-25(17-19-33)28(21-33)38-30(35)29(26-14-8-3-9-15-26)32-31(36)37-22-23-10-4-1-5-11-23;/h1-15,25,28-29H,16-22H2;1H/t25?,28-,29+,33?;/m0./s1. The number of piperidine rings is 3. The molecular formula is C31H33BrN2O5. The molecule has 6 rings (SSSR count). The van der Waals surface area contributed by atoms with Crippen LogP contribution in [0.1, 0.15) is 40.4 Å². The third-order valence-electron chi connectivity index (χ3n) is 7.73. The molecule has 0 spiro atoms. The maximum atomic E-state index is 13.5. The van der Waals surface area contributed by atoms with Crippen molar-refractivity contribution in [3.05, 3.63) is 108 Å². The Morgan fingerprint density at radius 1 is 0.846 bits per heavy atom. The minimum Gasteiger partial charge on any atom is -1.00 e. The fourth-order valence-corrected chi connectivity index (χ4v) is 5.62. The number of ketones is 1. The quantitative estimate of drug-likeness (QED) is 0.232. The summed E-state index contributed by atoms with van der Waals surface area (Å²) in [6, 6.07) is 26.8. The highest BCUT2D eigenvalue weighted by atomic mass is 79.9. The van der Waals surface area contributed by atoms with Gasteiger partial charge in [0, 0.05) is 24.3 Å². The lowest BCUT2D eigenvalue weighted by Crippen LogP contribution is -3.00. The number of esters is 1. The number of hydrogen-bond donors (Lipinski definition) is 1. The van der Waals surface area contributed by atoms with E-state index in [-0.39, 0.29) is 41.4 Å². The van der Waals surface area contributed by atoms with Gasteiger partial charge in [-0.25, -0.2) is 9.59 Å². The van der Waals surface area contributed by atoms with Crippen LogP contribution in [0.3, 0.4) is 0 Å². The fraction of sp³-hybridized carbons (Fsp3) is 0.323. The summed E-state index contributed by atoms with van der Waals surface area (Å²) in [6.07, 6.45) is 0.818. The fourth-order valence-electron chi connectivity index (χ4n) is 5.62. The first-order valence-corrected chi connectivity index (χ1v) is 13.2. The minimum atomic E-state index is -0.991. The van der Waals surface area contributed by atoms with Crippen molar-refractivity contribution in [2.75, 3.05) is 26.2 Å². The highest BCUT2D eigenvalue weighted by Gasteiger charge is 2.49. The molecule has 3 aromatic carbocycles. The maximum Gasteiger partial charge on any atom is 0.408 e. The van der Waals surface area contributed by atoms with E-state index in [1.54, 1.807) is 12.1 Å². The van der Waals surface area contributed by atoms with Crippen LogP contribution in [0.25, 0.3) is 0 Å². The van der Waals surface area contributed by atoms with Gasteiger partial charge in [0.2, 0.25) is 5.78 Å². The van der Waals surface area contributed by atoms with Crippen LogP contribution in [0.2, 0.25) is 0 Å². The van der Waals surface area contributed by atoms with Crippen LogP contribution < -0.4 is 22.3 Å². The summed E-state index contributed by atoms with van der Waals surface area (Å²) < 4.78 is 12.1. The van der Waals surface area contributed by atoms with Crippen LogP contribution in [-0.4, -0.2) is 54.6 Å². The van der Waals surface area contributed by atoms with Gasteiger partial charge in [0.05, 0.1) is 13.1 Å². The van der Waals surface area contributed by atoms with E-state index in [0.29, 0.717) is 28.7 Å². The van der Waals surface area contributed by atoms with E-state index in [9.17, 15) is 14.4 Å². The first kappa shape index (κ1) is 28.5. The van der Waals surface area contributed by atoms with E-state index in [1.807, 2.05) is 78.9 Å². The number of carbonyl (C=O) groups excluding carboxylic acids is 3. The SMILES string of the molecule is O=C(N[C@@H](C(=O)O[C@H]1C[N+]2(CC(=O)c3ccccc3)CCC1CC2)c1ccccc1)OCc1ccccc1.[Br-]. The maximum absolute atomic E-state index is 13.5. The largest absolute Gasteiger partial charge is 1.00 e. The summed E-state index contributed by atoms with van der Waals surface area (Å²) in [5.74, 6) is -0.146. The number of benzene rings is 3. The molecule has 1 amide bonds. The average Bonchev–Trinajstić information content (AvgIpc) is 2.96. The first-order chi connectivity index (χ1) is 18.5. The number of halogens is 1. The molecule has 0 saturated carbocycles. The van der Waals surface area contributed by atoms with Crippen molar-refractivity contribution < 1.29 is 45.3 Å². The second-order valence-electron chi connectivity index (χ2n) is 10.3. The molecule has 39 heavy (non-hydrogen) atoms. The number of carbonyl (C=O) groups is 3. The van der Waals surface area contributed by atoms with Gasteiger partial charge in [-0.15, -0.1) is 0 Å². The Balaban J connectivity index is 0.00000353. The van der Waals surface area contributed by atoms with E-state index < -0.39 is 18.1 Å². The van der Waals surface area contributed by atoms with Crippen molar-refractivity contribution in [3.8, 4) is 0 Å². The zero-order chi connectivity index (χ0) is 26.4.